The molecule has 118 valence electrons. The van der Waals surface area contributed by atoms with Crippen LogP contribution in [0.15, 0.2) is 63.5 Å². The number of thioether (sulfide) groups is 1. The minimum absolute atomic E-state index is 0.0691. The van der Waals surface area contributed by atoms with Crippen molar-refractivity contribution in [3.8, 4) is 0 Å². The van der Waals surface area contributed by atoms with Crippen LogP contribution in [0.2, 0.25) is 0 Å². The summed E-state index contributed by atoms with van der Waals surface area (Å²) >= 11 is 1.15. The molecule has 0 unspecified atom stereocenters. The van der Waals surface area contributed by atoms with E-state index >= 15 is 0 Å². The second-order valence-electron chi connectivity index (χ2n) is 4.69. The van der Waals surface area contributed by atoms with E-state index in [0.29, 0.717) is 5.65 Å². The molecule has 0 bridgehead atoms. The average Bonchev–Trinajstić information content (AvgIpc) is 2.54. The minimum Gasteiger partial charge on any atom is -0.285 e. The van der Waals surface area contributed by atoms with Crippen LogP contribution < -0.4 is 5.49 Å². The lowest BCUT2D eigenvalue weighted by Gasteiger charge is -2.11. The molecule has 8 heteroatoms. The fraction of sp³-hybridized carbons (Fsp3) is 0.0667. The van der Waals surface area contributed by atoms with Gasteiger partial charge in [0.25, 0.3) is 0 Å². The molecule has 2 heterocycles. The molecular weight excluding hydrogens is 337 g/mol. The monoisotopic (exact) mass is 349 g/mol. The summed E-state index contributed by atoms with van der Waals surface area (Å²) in [6.45, 7) is 0. The van der Waals surface area contributed by atoms with Crippen LogP contribution in [0.3, 0.4) is 0 Å². The molecule has 23 heavy (non-hydrogen) atoms. The molecule has 1 aromatic carbocycles. The van der Waals surface area contributed by atoms with Crippen molar-refractivity contribution in [1.82, 2.24) is 9.38 Å². The van der Waals surface area contributed by atoms with E-state index < -0.39 is 15.7 Å². The van der Waals surface area contributed by atoms with Gasteiger partial charge in [0.05, 0.1) is 4.90 Å². The van der Waals surface area contributed by atoms with Gasteiger partial charge in [-0.15, -0.1) is 11.8 Å². The van der Waals surface area contributed by atoms with E-state index in [0.717, 1.165) is 23.9 Å². The molecule has 0 fully saturated rings. The van der Waals surface area contributed by atoms with Crippen LogP contribution in [0.4, 0.5) is 4.39 Å². The van der Waals surface area contributed by atoms with E-state index in [1.807, 2.05) is 0 Å². The van der Waals surface area contributed by atoms with Crippen LogP contribution >= 0.6 is 11.8 Å². The molecule has 0 aliphatic rings. The molecule has 5 nitrogen and oxygen atoms in total. The van der Waals surface area contributed by atoms with E-state index in [4.69, 9.17) is 5.41 Å². The molecule has 0 aliphatic carbocycles. The minimum atomic E-state index is -3.98. The van der Waals surface area contributed by atoms with E-state index in [-0.39, 0.29) is 20.3 Å². The molecule has 3 aromatic rings. The van der Waals surface area contributed by atoms with Crippen molar-refractivity contribution in [3.63, 3.8) is 0 Å². The molecule has 0 aliphatic heterocycles. The molecule has 0 radical (unpaired) electrons. The van der Waals surface area contributed by atoms with Crippen LogP contribution in [0.25, 0.3) is 5.65 Å². The lowest BCUT2D eigenvalue weighted by molar-refractivity contribution is 0.587. The molecule has 0 saturated heterocycles. The molecule has 0 spiro atoms. The first-order valence-electron chi connectivity index (χ1n) is 6.56. The van der Waals surface area contributed by atoms with Crippen molar-refractivity contribution in [2.45, 2.75) is 14.8 Å². The zero-order valence-electron chi connectivity index (χ0n) is 12.0. The number of aromatic nitrogens is 2. The normalized spacial score (nSPS) is 11.7. The molecule has 0 amide bonds. The Morgan fingerprint density at radius 3 is 2.52 bits per heavy atom. The Hall–Kier alpha value is -2.19. The molecule has 0 saturated carbocycles. The smallest absolute Gasteiger partial charge is 0.212 e. The molecular formula is C15H12FN3O2S2. The number of hydrogen-bond donors (Lipinski definition) is 1. The highest BCUT2D eigenvalue weighted by Gasteiger charge is 2.25. The number of sulfone groups is 1. The average molecular weight is 349 g/mol. The van der Waals surface area contributed by atoms with Gasteiger partial charge in [-0.2, -0.15) is 0 Å². The standard InChI is InChI=1S/C15H12FN3O2S2/c1-22-15-13(14(17)19-9-3-2-4-12(19)18-15)23(20,21)11-7-5-10(16)6-8-11/h2-9,17H,1H3. The van der Waals surface area contributed by atoms with Crippen LogP contribution in [-0.4, -0.2) is 24.1 Å². The number of nitrogens with one attached hydrogen (secondary N) is 1. The number of halogens is 1. The Bertz CT molecular complexity index is 1040. The third kappa shape index (κ3) is 2.64. The first-order chi connectivity index (χ1) is 10.9. The van der Waals surface area contributed by atoms with Gasteiger partial charge in [-0.1, -0.05) is 6.07 Å². The Kier molecular flexibility index (Phi) is 3.95. The number of fused-ring (bicyclic) bond motifs is 1. The summed E-state index contributed by atoms with van der Waals surface area (Å²) in [6, 6.07) is 9.70. The van der Waals surface area contributed by atoms with Crippen molar-refractivity contribution < 1.29 is 12.8 Å². The van der Waals surface area contributed by atoms with Gasteiger partial charge in [0.2, 0.25) is 9.84 Å². The van der Waals surface area contributed by atoms with E-state index in [2.05, 4.69) is 4.98 Å². The zero-order chi connectivity index (χ0) is 16.6. The van der Waals surface area contributed by atoms with E-state index in [1.54, 1.807) is 30.7 Å². The highest BCUT2D eigenvalue weighted by Crippen LogP contribution is 2.26. The van der Waals surface area contributed by atoms with Crippen molar-refractivity contribution in [2.24, 2.45) is 0 Å². The predicted octanol–water partition coefficient (Wildman–Crippen LogP) is 2.51. The fourth-order valence-corrected chi connectivity index (χ4v) is 4.60. The van der Waals surface area contributed by atoms with Gasteiger partial charge in [0, 0.05) is 6.20 Å². The summed E-state index contributed by atoms with van der Waals surface area (Å²) in [4.78, 5) is 4.07. The quantitative estimate of drug-likeness (QED) is 0.448. The van der Waals surface area contributed by atoms with Crippen molar-refractivity contribution in [1.29, 1.82) is 5.41 Å². The van der Waals surface area contributed by atoms with Crippen molar-refractivity contribution >= 4 is 27.2 Å². The van der Waals surface area contributed by atoms with Gasteiger partial charge in [-0.25, -0.2) is 17.8 Å². The summed E-state index contributed by atoms with van der Waals surface area (Å²) in [5.41, 5.74) is 0.309. The van der Waals surface area contributed by atoms with Crippen LogP contribution in [0, 0.1) is 11.2 Å². The summed E-state index contributed by atoms with van der Waals surface area (Å²) in [6.07, 6.45) is 3.28. The lowest BCUT2D eigenvalue weighted by Crippen LogP contribution is -2.24. The van der Waals surface area contributed by atoms with Crippen molar-refractivity contribution in [3.05, 3.63) is 60.0 Å². The van der Waals surface area contributed by atoms with Gasteiger partial charge in [0.1, 0.15) is 21.4 Å². The second kappa shape index (κ2) is 5.78. The van der Waals surface area contributed by atoms with Gasteiger partial charge >= 0.3 is 0 Å². The number of rotatable bonds is 3. The van der Waals surface area contributed by atoms with Crippen LogP contribution in [-0.2, 0) is 9.84 Å². The van der Waals surface area contributed by atoms with Gasteiger partial charge in [-0.3, -0.25) is 9.81 Å². The highest BCUT2D eigenvalue weighted by molar-refractivity contribution is 7.99. The van der Waals surface area contributed by atoms with Gasteiger partial charge < -0.3 is 0 Å². The molecule has 0 atom stereocenters. The Balaban J connectivity index is 2.36. The van der Waals surface area contributed by atoms with Gasteiger partial charge in [-0.05, 0) is 42.7 Å². The van der Waals surface area contributed by atoms with Crippen molar-refractivity contribution in [2.75, 3.05) is 6.26 Å². The summed E-state index contributed by atoms with van der Waals surface area (Å²) in [7, 11) is -3.98. The van der Waals surface area contributed by atoms with E-state index in [9.17, 15) is 12.8 Å². The second-order valence-corrected chi connectivity index (χ2v) is 7.37. The number of nitrogens with zero attached hydrogens (tertiary/aromatic N) is 2. The first kappa shape index (κ1) is 15.7. The summed E-state index contributed by atoms with van der Waals surface area (Å²) in [5, 5.41) is 8.53. The van der Waals surface area contributed by atoms with Gasteiger partial charge in [0.15, 0.2) is 5.49 Å². The third-order valence-corrected chi connectivity index (χ3v) is 5.92. The number of benzene rings is 1. The number of pyridine rings is 1. The maximum absolute atomic E-state index is 13.1. The largest absolute Gasteiger partial charge is 0.285 e. The molecule has 3 rings (SSSR count). The Morgan fingerprint density at radius 2 is 1.87 bits per heavy atom. The maximum Gasteiger partial charge on any atom is 0.212 e. The zero-order valence-corrected chi connectivity index (χ0v) is 13.7. The maximum atomic E-state index is 13.1. The highest BCUT2D eigenvalue weighted by atomic mass is 32.2. The van der Waals surface area contributed by atoms with E-state index in [1.165, 1.54) is 16.5 Å². The fourth-order valence-electron chi connectivity index (χ4n) is 2.19. The number of hydrogen-bond acceptors (Lipinski definition) is 5. The molecule has 1 N–H and O–H groups in total. The summed E-state index contributed by atoms with van der Waals surface area (Å²) in [5.74, 6) is -0.522. The topological polar surface area (TPSA) is 75.3 Å². The SMILES string of the molecule is CSc1nc2ccccn2c(=N)c1S(=O)(=O)c1ccc(F)cc1. The first-order valence-corrected chi connectivity index (χ1v) is 9.26. The Morgan fingerprint density at radius 1 is 1.17 bits per heavy atom. The Labute approximate surface area is 136 Å². The lowest BCUT2D eigenvalue weighted by atomic mass is 10.4. The third-order valence-electron chi connectivity index (χ3n) is 3.29. The van der Waals surface area contributed by atoms with Crippen LogP contribution in [0.5, 0.6) is 0 Å². The summed E-state index contributed by atoms with van der Waals surface area (Å²) < 4.78 is 40.2. The molecule has 2 aromatic heterocycles. The predicted molar refractivity (Wildman–Crippen MR) is 84.7 cm³/mol. The van der Waals surface area contributed by atoms with Crippen LogP contribution in [0.1, 0.15) is 0 Å².